The Morgan fingerprint density at radius 1 is 1.07 bits per heavy atom. The summed E-state index contributed by atoms with van der Waals surface area (Å²) in [5.74, 6) is 2.21. The number of rotatable bonds is 8. The number of aromatic nitrogens is 3. The predicted octanol–water partition coefficient (Wildman–Crippen LogP) is 4.89. The summed E-state index contributed by atoms with van der Waals surface area (Å²) in [5, 5.41) is 19.7. The van der Waals surface area contributed by atoms with Gasteiger partial charge in [0.1, 0.15) is 29.7 Å². The van der Waals surface area contributed by atoms with Crippen molar-refractivity contribution in [2.24, 2.45) is 0 Å². The number of nitrogens with zero attached hydrogens (tertiary/aromatic N) is 5. The molecule has 2 aliphatic rings. The SMILES string of the molecule is COc1cc2c(cc1Nc1ncc(C#N)c(Nc3ccc(OCc4ccccn4)cc3)n1)N(C)CC21CCNCC1. The van der Waals surface area contributed by atoms with Crippen molar-refractivity contribution >= 4 is 28.8 Å². The van der Waals surface area contributed by atoms with Crippen LogP contribution in [0.25, 0.3) is 0 Å². The van der Waals surface area contributed by atoms with Gasteiger partial charge in [0.15, 0.2) is 5.82 Å². The number of hydrogen-bond donors (Lipinski definition) is 3. The molecule has 0 saturated carbocycles. The molecule has 10 nitrogen and oxygen atoms in total. The first-order valence-electron chi connectivity index (χ1n) is 13.7. The highest BCUT2D eigenvalue weighted by Gasteiger charge is 2.43. The number of pyridine rings is 1. The second-order valence-electron chi connectivity index (χ2n) is 10.4. The predicted molar refractivity (Wildman–Crippen MR) is 158 cm³/mol. The summed E-state index contributed by atoms with van der Waals surface area (Å²) >= 11 is 0. The molecule has 1 spiro atoms. The monoisotopic (exact) mass is 548 g/mol. The van der Waals surface area contributed by atoms with Gasteiger partial charge in [-0.3, -0.25) is 4.98 Å². The summed E-state index contributed by atoms with van der Waals surface area (Å²) in [7, 11) is 3.82. The van der Waals surface area contributed by atoms with Crippen LogP contribution in [0.2, 0.25) is 0 Å². The van der Waals surface area contributed by atoms with E-state index < -0.39 is 0 Å². The molecular formula is C31H32N8O2. The number of hydrogen-bond acceptors (Lipinski definition) is 10. The first kappa shape index (κ1) is 26.3. The molecule has 0 atom stereocenters. The van der Waals surface area contributed by atoms with E-state index in [1.165, 1.54) is 17.4 Å². The number of nitrogens with one attached hydrogen (secondary N) is 3. The smallest absolute Gasteiger partial charge is 0.229 e. The number of ether oxygens (including phenoxy) is 2. The molecule has 1 saturated heterocycles. The maximum absolute atomic E-state index is 9.69. The fourth-order valence-electron chi connectivity index (χ4n) is 5.68. The van der Waals surface area contributed by atoms with E-state index in [1.54, 1.807) is 13.3 Å². The van der Waals surface area contributed by atoms with E-state index in [0.29, 0.717) is 29.7 Å². The van der Waals surface area contributed by atoms with Crippen molar-refractivity contribution in [2.75, 3.05) is 49.3 Å². The molecule has 4 aromatic rings. The lowest BCUT2D eigenvalue weighted by Crippen LogP contribution is -2.42. The standard InChI is InChI=1S/C31H32N8O2/c1-39-20-31(10-13-33-14-11-31)25-15-28(40-2)26(16-27(25)39)37-30-35-18-21(17-32)29(38-30)36-22-6-8-24(9-7-22)41-19-23-5-3-4-12-34-23/h3-9,12,15-16,18,33H,10-11,13-14,19-20H2,1-2H3,(H2,35,36,37,38). The third kappa shape index (κ3) is 5.44. The Labute approximate surface area is 239 Å². The molecule has 2 aromatic heterocycles. The van der Waals surface area contributed by atoms with Crippen LogP contribution in [-0.2, 0) is 12.0 Å². The highest BCUT2D eigenvalue weighted by molar-refractivity contribution is 5.76. The van der Waals surface area contributed by atoms with Crippen molar-refractivity contribution in [1.82, 2.24) is 20.3 Å². The topological polar surface area (TPSA) is 120 Å². The Kier molecular flexibility index (Phi) is 7.27. The van der Waals surface area contributed by atoms with E-state index in [9.17, 15) is 5.26 Å². The van der Waals surface area contributed by atoms with Gasteiger partial charge in [0.25, 0.3) is 0 Å². The lowest BCUT2D eigenvalue weighted by molar-refractivity contribution is 0.301. The van der Waals surface area contributed by atoms with Gasteiger partial charge in [-0.1, -0.05) is 6.07 Å². The quantitative estimate of drug-likeness (QED) is 0.281. The van der Waals surface area contributed by atoms with Gasteiger partial charge in [0, 0.05) is 36.6 Å². The van der Waals surface area contributed by atoms with Crippen LogP contribution in [0.15, 0.2) is 67.0 Å². The normalized spacial score (nSPS) is 15.2. The summed E-state index contributed by atoms with van der Waals surface area (Å²) in [6.07, 6.45) is 5.46. The molecule has 6 rings (SSSR count). The minimum atomic E-state index is 0.141. The van der Waals surface area contributed by atoms with E-state index >= 15 is 0 Å². The number of fused-ring (bicyclic) bond motifs is 2. The summed E-state index contributed by atoms with van der Waals surface area (Å²) in [4.78, 5) is 15.6. The zero-order valence-corrected chi connectivity index (χ0v) is 23.1. The van der Waals surface area contributed by atoms with Gasteiger partial charge >= 0.3 is 0 Å². The molecule has 208 valence electrons. The van der Waals surface area contributed by atoms with Crippen molar-refractivity contribution in [3.63, 3.8) is 0 Å². The van der Waals surface area contributed by atoms with Crippen LogP contribution in [0, 0.1) is 11.3 Å². The van der Waals surface area contributed by atoms with Crippen LogP contribution in [0.1, 0.15) is 29.7 Å². The van der Waals surface area contributed by atoms with E-state index in [0.717, 1.165) is 55.3 Å². The van der Waals surface area contributed by atoms with Crippen LogP contribution in [0.5, 0.6) is 11.5 Å². The molecule has 0 amide bonds. The van der Waals surface area contributed by atoms with Gasteiger partial charge in [-0.2, -0.15) is 10.2 Å². The average molecular weight is 549 g/mol. The van der Waals surface area contributed by atoms with Crippen LogP contribution in [-0.4, -0.2) is 48.7 Å². The lowest BCUT2D eigenvalue weighted by atomic mass is 9.74. The summed E-state index contributed by atoms with van der Waals surface area (Å²) in [6, 6.07) is 19.6. The Bertz CT molecular complexity index is 1560. The van der Waals surface area contributed by atoms with Gasteiger partial charge in [-0.05, 0) is 80.0 Å². The molecule has 41 heavy (non-hydrogen) atoms. The largest absolute Gasteiger partial charge is 0.495 e. The maximum Gasteiger partial charge on any atom is 0.229 e. The van der Waals surface area contributed by atoms with Gasteiger partial charge in [-0.15, -0.1) is 0 Å². The summed E-state index contributed by atoms with van der Waals surface area (Å²) < 4.78 is 11.6. The zero-order valence-electron chi connectivity index (χ0n) is 23.1. The fourth-order valence-corrected chi connectivity index (χ4v) is 5.68. The molecule has 2 aromatic carbocycles. The Balaban J connectivity index is 1.20. The third-order valence-electron chi connectivity index (χ3n) is 7.79. The van der Waals surface area contributed by atoms with Crippen LogP contribution < -0.4 is 30.3 Å². The number of likely N-dealkylation sites (N-methyl/N-ethyl adjacent to an activating group) is 1. The minimum absolute atomic E-state index is 0.141. The van der Waals surface area contributed by atoms with Gasteiger partial charge in [0.2, 0.25) is 5.95 Å². The fraction of sp³-hybridized carbons (Fsp3) is 0.290. The van der Waals surface area contributed by atoms with E-state index in [2.05, 4.69) is 61.1 Å². The van der Waals surface area contributed by atoms with Crippen molar-refractivity contribution in [3.8, 4) is 17.6 Å². The van der Waals surface area contributed by atoms with E-state index in [4.69, 9.17) is 9.47 Å². The van der Waals surface area contributed by atoms with Crippen molar-refractivity contribution in [3.05, 3.63) is 83.8 Å². The Hall–Kier alpha value is -4.88. The number of anilines is 5. The number of methoxy groups -OCH3 is 1. The number of nitriles is 1. The Morgan fingerprint density at radius 3 is 2.63 bits per heavy atom. The lowest BCUT2D eigenvalue weighted by Gasteiger charge is -2.34. The highest BCUT2D eigenvalue weighted by Crippen LogP contribution is 2.49. The number of benzene rings is 2. The molecule has 0 bridgehead atoms. The second-order valence-corrected chi connectivity index (χ2v) is 10.4. The molecule has 3 N–H and O–H groups in total. The van der Waals surface area contributed by atoms with E-state index in [1.807, 2.05) is 42.5 Å². The first-order valence-corrected chi connectivity index (χ1v) is 13.7. The molecule has 0 radical (unpaired) electrons. The first-order chi connectivity index (χ1) is 20.1. The molecule has 4 heterocycles. The van der Waals surface area contributed by atoms with E-state index in [-0.39, 0.29) is 5.41 Å². The molecular weight excluding hydrogens is 516 g/mol. The minimum Gasteiger partial charge on any atom is -0.495 e. The van der Waals surface area contributed by atoms with Crippen molar-refractivity contribution < 1.29 is 9.47 Å². The molecule has 1 fully saturated rings. The summed E-state index contributed by atoms with van der Waals surface area (Å²) in [6.45, 7) is 3.41. The third-order valence-corrected chi connectivity index (χ3v) is 7.79. The average Bonchev–Trinajstić information content (AvgIpc) is 3.26. The zero-order chi connectivity index (χ0) is 28.2. The molecule has 0 unspecified atom stereocenters. The van der Waals surface area contributed by atoms with Gasteiger partial charge < -0.3 is 30.3 Å². The van der Waals surface area contributed by atoms with Crippen LogP contribution in [0.3, 0.4) is 0 Å². The maximum atomic E-state index is 9.69. The van der Waals surface area contributed by atoms with Crippen LogP contribution >= 0.6 is 0 Å². The van der Waals surface area contributed by atoms with Crippen molar-refractivity contribution in [1.29, 1.82) is 5.26 Å². The molecule has 0 aliphatic carbocycles. The van der Waals surface area contributed by atoms with Crippen molar-refractivity contribution in [2.45, 2.75) is 24.9 Å². The van der Waals surface area contributed by atoms with Gasteiger partial charge in [0.05, 0.1) is 24.7 Å². The van der Waals surface area contributed by atoms with Gasteiger partial charge in [-0.25, -0.2) is 4.98 Å². The molecule has 2 aliphatic heterocycles. The summed E-state index contributed by atoms with van der Waals surface area (Å²) in [5.41, 5.74) is 5.38. The van der Waals surface area contributed by atoms with Crippen LogP contribution in [0.4, 0.5) is 28.8 Å². The Morgan fingerprint density at radius 2 is 1.90 bits per heavy atom. The highest BCUT2D eigenvalue weighted by atomic mass is 16.5. The second kappa shape index (κ2) is 11.3. The number of piperidine rings is 1. The molecule has 10 heteroatoms.